The van der Waals surface area contributed by atoms with Gasteiger partial charge in [-0.15, -0.1) is 0 Å². The minimum atomic E-state index is 0.326. The fourth-order valence-corrected chi connectivity index (χ4v) is 3.31. The van der Waals surface area contributed by atoms with Crippen LogP contribution in [0.1, 0.15) is 12.8 Å². The molecule has 2 atom stereocenters. The lowest BCUT2D eigenvalue weighted by atomic mass is 10.2. The van der Waals surface area contributed by atoms with Gasteiger partial charge < -0.3 is 14.8 Å². The van der Waals surface area contributed by atoms with Crippen molar-refractivity contribution in [2.24, 2.45) is 0 Å². The van der Waals surface area contributed by atoms with Crippen LogP contribution in [0.4, 0.5) is 0 Å². The molecule has 2 aliphatic heterocycles. The molecule has 5 heteroatoms. The highest BCUT2D eigenvalue weighted by atomic mass is 79.9. The first-order valence-electron chi connectivity index (χ1n) is 7.76. The molecule has 1 N–H and O–H groups in total. The van der Waals surface area contributed by atoms with Gasteiger partial charge in [0.2, 0.25) is 0 Å². The van der Waals surface area contributed by atoms with Crippen molar-refractivity contribution in [1.82, 2.24) is 10.2 Å². The highest BCUT2D eigenvalue weighted by Crippen LogP contribution is 2.22. The molecule has 0 aliphatic carbocycles. The van der Waals surface area contributed by atoms with E-state index in [-0.39, 0.29) is 0 Å². The Morgan fingerprint density at radius 2 is 2.19 bits per heavy atom. The van der Waals surface area contributed by atoms with Crippen LogP contribution in [0.2, 0.25) is 0 Å². The summed E-state index contributed by atoms with van der Waals surface area (Å²) in [5.74, 6) is 0.911. The number of nitrogens with one attached hydrogen (secondary N) is 1. The fourth-order valence-electron chi connectivity index (χ4n) is 3.04. The first-order valence-corrected chi connectivity index (χ1v) is 8.55. The summed E-state index contributed by atoms with van der Waals surface area (Å²) in [5.41, 5.74) is 0. The summed E-state index contributed by atoms with van der Waals surface area (Å²) < 4.78 is 12.7. The Hall–Kier alpha value is -0.620. The summed E-state index contributed by atoms with van der Waals surface area (Å²) in [6.07, 6.45) is 2.96. The molecule has 0 bridgehead atoms. The van der Waals surface area contributed by atoms with E-state index in [1.807, 2.05) is 24.3 Å². The first-order chi connectivity index (χ1) is 10.3. The van der Waals surface area contributed by atoms with Crippen LogP contribution in [0.25, 0.3) is 0 Å². The van der Waals surface area contributed by atoms with Crippen molar-refractivity contribution >= 4 is 15.9 Å². The largest absolute Gasteiger partial charge is 0.492 e. The number of rotatable bonds is 6. The number of halogens is 1. The highest BCUT2D eigenvalue weighted by Gasteiger charge is 2.31. The van der Waals surface area contributed by atoms with Gasteiger partial charge in [0.1, 0.15) is 12.4 Å². The number of ether oxygens (including phenoxy) is 2. The Kier molecular flexibility index (Phi) is 5.52. The minimum Gasteiger partial charge on any atom is -0.492 e. The van der Waals surface area contributed by atoms with Gasteiger partial charge in [-0.2, -0.15) is 0 Å². The van der Waals surface area contributed by atoms with Gasteiger partial charge in [-0.05, 0) is 43.7 Å². The second-order valence-corrected chi connectivity index (χ2v) is 6.67. The molecular weight excluding hydrogens is 332 g/mol. The summed E-state index contributed by atoms with van der Waals surface area (Å²) in [4.78, 5) is 2.58. The third kappa shape index (κ3) is 4.42. The summed E-state index contributed by atoms with van der Waals surface area (Å²) in [7, 11) is 0. The van der Waals surface area contributed by atoms with Gasteiger partial charge in [-0.3, -0.25) is 4.90 Å². The van der Waals surface area contributed by atoms with Gasteiger partial charge in [0.25, 0.3) is 0 Å². The van der Waals surface area contributed by atoms with Crippen molar-refractivity contribution in [2.75, 3.05) is 39.4 Å². The topological polar surface area (TPSA) is 33.7 Å². The summed E-state index contributed by atoms with van der Waals surface area (Å²) in [6.45, 7) is 5.66. The quantitative estimate of drug-likeness (QED) is 0.794. The number of benzene rings is 1. The maximum Gasteiger partial charge on any atom is 0.119 e. The van der Waals surface area contributed by atoms with Crippen molar-refractivity contribution < 1.29 is 9.47 Å². The van der Waals surface area contributed by atoms with E-state index in [1.54, 1.807) is 0 Å². The lowest BCUT2D eigenvalue weighted by Gasteiger charge is -2.35. The molecule has 0 aromatic heterocycles. The molecule has 21 heavy (non-hydrogen) atoms. The molecule has 2 heterocycles. The SMILES string of the molecule is Brc1ccc(OCCNCC2CN3CCCC3CO2)cc1. The van der Waals surface area contributed by atoms with Crippen molar-refractivity contribution in [3.05, 3.63) is 28.7 Å². The average molecular weight is 355 g/mol. The Labute approximate surface area is 134 Å². The number of nitrogens with zero attached hydrogens (tertiary/aromatic N) is 1. The van der Waals surface area contributed by atoms with E-state index in [0.717, 1.165) is 36.5 Å². The van der Waals surface area contributed by atoms with Crippen LogP contribution in [0.3, 0.4) is 0 Å². The summed E-state index contributed by atoms with van der Waals surface area (Å²) >= 11 is 3.42. The van der Waals surface area contributed by atoms with E-state index >= 15 is 0 Å². The molecule has 0 spiro atoms. The molecule has 3 rings (SSSR count). The average Bonchev–Trinajstić information content (AvgIpc) is 2.96. The van der Waals surface area contributed by atoms with Crippen LogP contribution in [0, 0.1) is 0 Å². The van der Waals surface area contributed by atoms with Gasteiger partial charge in [-0.1, -0.05) is 15.9 Å². The molecule has 4 nitrogen and oxygen atoms in total. The molecule has 0 amide bonds. The molecule has 116 valence electrons. The zero-order chi connectivity index (χ0) is 14.5. The van der Waals surface area contributed by atoms with Crippen molar-refractivity contribution in [3.8, 4) is 5.75 Å². The Bertz CT molecular complexity index is 440. The van der Waals surface area contributed by atoms with E-state index in [0.29, 0.717) is 18.8 Å². The standard InChI is InChI=1S/C16H23BrN2O2/c17-13-3-5-15(6-4-13)20-9-7-18-10-16-11-19-8-1-2-14(19)12-21-16/h3-6,14,16,18H,1-2,7-12H2. The van der Waals surface area contributed by atoms with E-state index < -0.39 is 0 Å². The van der Waals surface area contributed by atoms with Gasteiger partial charge in [0.15, 0.2) is 0 Å². The zero-order valence-corrected chi connectivity index (χ0v) is 13.8. The number of hydrogen-bond donors (Lipinski definition) is 1. The van der Waals surface area contributed by atoms with Gasteiger partial charge in [0.05, 0.1) is 12.7 Å². The van der Waals surface area contributed by atoms with Crippen molar-refractivity contribution in [3.63, 3.8) is 0 Å². The number of morpholine rings is 1. The van der Waals surface area contributed by atoms with E-state index in [9.17, 15) is 0 Å². The highest BCUT2D eigenvalue weighted by molar-refractivity contribution is 9.10. The zero-order valence-electron chi connectivity index (χ0n) is 12.3. The maximum atomic E-state index is 5.92. The molecule has 0 radical (unpaired) electrons. The van der Waals surface area contributed by atoms with Gasteiger partial charge >= 0.3 is 0 Å². The van der Waals surface area contributed by atoms with E-state index in [4.69, 9.17) is 9.47 Å². The number of fused-ring (bicyclic) bond motifs is 1. The Balaban J connectivity index is 1.29. The molecular formula is C16H23BrN2O2. The van der Waals surface area contributed by atoms with E-state index in [1.165, 1.54) is 19.4 Å². The van der Waals surface area contributed by atoms with E-state index in [2.05, 4.69) is 26.1 Å². The first kappa shape index (κ1) is 15.3. The van der Waals surface area contributed by atoms with Gasteiger partial charge in [0, 0.05) is 30.1 Å². The molecule has 2 aliphatic rings. The minimum absolute atomic E-state index is 0.326. The predicted octanol–water partition coefficient (Wildman–Crippen LogP) is 2.28. The second kappa shape index (κ2) is 7.58. The molecule has 2 unspecified atom stereocenters. The third-order valence-electron chi connectivity index (χ3n) is 4.19. The van der Waals surface area contributed by atoms with Crippen LogP contribution in [0.5, 0.6) is 5.75 Å². The third-order valence-corrected chi connectivity index (χ3v) is 4.72. The lowest BCUT2D eigenvalue weighted by molar-refractivity contribution is -0.0470. The van der Waals surface area contributed by atoms with Gasteiger partial charge in [-0.25, -0.2) is 0 Å². The Morgan fingerprint density at radius 3 is 3.05 bits per heavy atom. The van der Waals surface area contributed by atoms with Crippen LogP contribution < -0.4 is 10.1 Å². The molecule has 1 aromatic carbocycles. The van der Waals surface area contributed by atoms with Crippen LogP contribution >= 0.6 is 15.9 Å². The maximum absolute atomic E-state index is 5.92. The van der Waals surface area contributed by atoms with Crippen molar-refractivity contribution in [2.45, 2.75) is 25.0 Å². The van der Waals surface area contributed by atoms with Crippen LogP contribution in [0.15, 0.2) is 28.7 Å². The number of hydrogen-bond acceptors (Lipinski definition) is 4. The molecule has 2 saturated heterocycles. The normalized spacial score (nSPS) is 25.8. The molecule has 2 fully saturated rings. The van der Waals surface area contributed by atoms with Crippen LogP contribution in [-0.2, 0) is 4.74 Å². The smallest absolute Gasteiger partial charge is 0.119 e. The predicted molar refractivity (Wildman–Crippen MR) is 86.8 cm³/mol. The molecule has 0 saturated carbocycles. The summed E-state index contributed by atoms with van der Waals surface area (Å²) in [6, 6.07) is 8.61. The van der Waals surface area contributed by atoms with Crippen LogP contribution in [-0.4, -0.2) is 56.4 Å². The summed E-state index contributed by atoms with van der Waals surface area (Å²) in [5, 5.41) is 3.43. The fraction of sp³-hybridized carbons (Fsp3) is 0.625. The lowest BCUT2D eigenvalue weighted by Crippen LogP contribution is -2.49. The monoisotopic (exact) mass is 354 g/mol. The van der Waals surface area contributed by atoms with Crippen molar-refractivity contribution in [1.29, 1.82) is 0 Å². The second-order valence-electron chi connectivity index (χ2n) is 5.75. The molecule has 1 aromatic rings. The Morgan fingerprint density at radius 1 is 1.33 bits per heavy atom.